The standard InChI is InChI=1S/C23H40/c1-3-5-19-8-12-21(13-9-19)23-16-14-22(15-17-23)20-10-6-18(4-2)7-11-20/h6,10,18-23H,3-5,7-9,11-17H2,1-2H3. The summed E-state index contributed by atoms with van der Waals surface area (Å²) in [5, 5.41) is 0. The Labute approximate surface area is 145 Å². The average Bonchev–Trinajstić information content (AvgIpc) is 2.63. The maximum Gasteiger partial charge on any atom is -0.0205 e. The highest BCUT2D eigenvalue weighted by molar-refractivity contribution is 5.00. The van der Waals surface area contributed by atoms with Crippen molar-refractivity contribution < 1.29 is 0 Å². The predicted molar refractivity (Wildman–Crippen MR) is 101 cm³/mol. The molecule has 3 aliphatic carbocycles. The van der Waals surface area contributed by atoms with Crippen molar-refractivity contribution in [3.8, 4) is 0 Å². The van der Waals surface area contributed by atoms with Gasteiger partial charge in [-0.3, -0.25) is 0 Å². The lowest BCUT2D eigenvalue weighted by Gasteiger charge is -2.40. The van der Waals surface area contributed by atoms with Gasteiger partial charge in [-0.25, -0.2) is 0 Å². The Balaban J connectivity index is 1.41. The number of hydrogen-bond donors (Lipinski definition) is 0. The van der Waals surface area contributed by atoms with Crippen LogP contribution in [0.3, 0.4) is 0 Å². The third-order valence-electron chi connectivity index (χ3n) is 7.70. The maximum absolute atomic E-state index is 2.61. The molecule has 0 N–H and O–H groups in total. The van der Waals surface area contributed by atoms with Crippen LogP contribution in [0, 0.1) is 35.5 Å². The first-order valence-electron chi connectivity index (χ1n) is 11.0. The Bertz CT molecular complexity index is 352. The summed E-state index contributed by atoms with van der Waals surface area (Å²) < 4.78 is 0. The maximum atomic E-state index is 2.61. The molecule has 23 heavy (non-hydrogen) atoms. The molecule has 0 saturated heterocycles. The van der Waals surface area contributed by atoms with Gasteiger partial charge in [0, 0.05) is 0 Å². The smallest absolute Gasteiger partial charge is 0.0205 e. The summed E-state index contributed by atoms with van der Waals surface area (Å²) in [7, 11) is 0. The van der Waals surface area contributed by atoms with Gasteiger partial charge >= 0.3 is 0 Å². The van der Waals surface area contributed by atoms with Crippen molar-refractivity contribution in [3.63, 3.8) is 0 Å². The number of rotatable bonds is 5. The highest BCUT2D eigenvalue weighted by Gasteiger charge is 2.33. The summed E-state index contributed by atoms with van der Waals surface area (Å²) in [4.78, 5) is 0. The van der Waals surface area contributed by atoms with E-state index in [0.717, 1.165) is 35.5 Å². The normalized spacial score (nSPS) is 41.8. The van der Waals surface area contributed by atoms with E-state index in [4.69, 9.17) is 0 Å². The second-order valence-electron chi connectivity index (χ2n) is 9.04. The summed E-state index contributed by atoms with van der Waals surface area (Å²) >= 11 is 0. The van der Waals surface area contributed by atoms with Gasteiger partial charge in [0.15, 0.2) is 0 Å². The van der Waals surface area contributed by atoms with Gasteiger partial charge < -0.3 is 0 Å². The first-order valence-corrected chi connectivity index (χ1v) is 11.0. The fourth-order valence-corrected chi connectivity index (χ4v) is 6.03. The van der Waals surface area contributed by atoms with E-state index in [-0.39, 0.29) is 0 Å². The van der Waals surface area contributed by atoms with Crippen LogP contribution in [-0.2, 0) is 0 Å². The molecule has 2 atom stereocenters. The van der Waals surface area contributed by atoms with Gasteiger partial charge in [-0.05, 0) is 93.3 Å². The van der Waals surface area contributed by atoms with E-state index in [1.54, 1.807) is 38.5 Å². The third-order valence-corrected chi connectivity index (χ3v) is 7.70. The van der Waals surface area contributed by atoms with Crippen LogP contribution in [0.1, 0.15) is 97.3 Å². The van der Waals surface area contributed by atoms with E-state index >= 15 is 0 Å². The Morgan fingerprint density at radius 3 is 1.78 bits per heavy atom. The van der Waals surface area contributed by atoms with Crippen molar-refractivity contribution in [2.75, 3.05) is 0 Å². The monoisotopic (exact) mass is 316 g/mol. The molecule has 2 saturated carbocycles. The Morgan fingerprint density at radius 1 is 0.652 bits per heavy atom. The van der Waals surface area contributed by atoms with Crippen LogP contribution < -0.4 is 0 Å². The molecule has 0 aromatic heterocycles. The van der Waals surface area contributed by atoms with Crippen LogP contribution >= 0.6 is 0 Å². The summed E-state index contributed by atoms with van der Waals surface area (Å²) in [5.74, 6) is 6.10. The van der Waals surface area contributed by atoms with E-state index in [9.17, 15) is 0 Å². The Hall–Kier alpha value is -0.260. The summed E-state index contributed by atoms with van der Waals surface area (Å²) in [6.07, 6.45) is 24.7. The lowest BCUT2D eigenvalue weighted by Crippen LogP contribution is -2.28. The minimum Gasteiger partial charge on any atom is -0.0851 e. The molecule has 0 radical (unpaired) electrons. The van der Waals surface area contributed by atoms with Crippen LogP contribution in [0.2, 0.25) is 0 Å². The number of allylic oxidation sites excluding steroid dienone is 2. The molecular weight excluding hydrogens is 276 g/mol. The molecule has 0 nitrogen and oxygen atoms in total. The van der Waals surface area contributed by atoms with Crippen molar-refractivity contribution in [3.05, 3.63) is 12.2 Å². The zero-order chi connectivity index (χ0) is 16.1. The van der Waals surface area contributed by atoms with Gasteiger partial charge in [-0.1, -0.05) is 51.7 Å². The van der Waals surface area contributed by atoms with Crippen LogP contribution in [0.5, 0.6) is 0 Å². The van der Waals surface area contributed by atoms with Gasteiger partial charge in [-0.2, -0.15) is 0 Å². The second-order valence-corrected chi connectivity index (χ2v) is 9.04. The summed E-state index contributed by atoms with van der Waals surface area (Å²) in [6.45, 7) is 4.70. The molecule has 0 spiro atoms. The lowest BCUT2D eigenvalue weighted by molar-refractivity contribution is 0.127. The second kappa shape index (κ2) is 8.72. The first-order chi connectivity index (χ1) is 11.3. The van der Waals surface area contributed by atoms with Gasteiger partial charge in [0.25, 0.3) is 0 Å². The molecule has 0 amide bonds. The SMILES string of the molecule is CCCC1CCC(C2CCC(C3C=CC(CC)CC3)CC2)CC1. The lowest BCUT2D eigenvalue weighted by atomic mass is 9.66. The molecule has 132 valence electrons. The van der Waals surface area contributed by atoms with Crippen LogP contribution in [0.4, 0.5) is 0 Å². The van der Waals surface area contributed by atoms with E-state index in [2.05, 4.69) is 26.0 Å². The molecule has 0 aromatic rings. The molecule has 0 heteroatoms. The molecule has 3 aliphatic rings. The summed E-state index contributed by atoms with van der Waals surface area (Å²) in [6, 6.07) is 0. The van der Waals surface area contributed by atoms with Gasteiger partial charge in [0.05, 0.1) is 0 Å². The van der Waals surface area contributed by atoms with E-state index in [1.165, 1.54) is 44.9 Å². The molecule has 0 aliphatic heterocycles. The van der Waals surface area contributed by atoms with Crippen molar-refractivity contribution >= 4 is 0 Å². The zero-order valence-electron chi connectivity index (χ0n) is 15.8. The minimum atomic E-state index is 0.890. The first kappa shape index (κ1) is 17.6. The van der Waals surface area contributed by atoms with Crippen LogP contribution in [0.15, 0.2) is 12.2 Å². The topological polar surface area (TPSA) is 0 Å². The van der Waals surface area contributed by atoms with Crippen molar-refractivity contribution in [2.45, 2.75) is 97.3 Å². The van der Waals surface area contributed by atoms with Crippen molar-refractivity contribution in [1.82, 2.24) is 0 Å². The molecule has 2 unspecified atom stereocenters. The Morgan fingerprint density at radius 2 is 1.26 bits per heavy atom. The van der Waals surface area contributed by atoms with Crippen LogP contribution in [-0.4, -0.2) is 0 Å². The Kier molecular flexibility index (Phi) is 6.66. The average molecular weight is 317 g/mol. The van der Waals surface area contributed by atoms with Crippen molar-refractivity contribution in [1.29, 1.82) is 0 Å². The molecule has 3 rings (SSSR count). The van der Waals surface area contributed by atoms with Crippen LogP contribution in [0.25, 0.3) is 0 Å². The quantitative estimate of drug-likeness (QED) is 0.464. The number of hydrogen-bond acceptors (Lipinski definition) is 0. The fourth-order valence-electron chi connectivity index (χ4n) is 6.03. The summed E-state index contributed by atoms with van der Waals surface area (Å²) in [5.41, 5.74) is 0. The molecule has 2 fully saturated rings. The van der Waals surface area contributed by atoms with Gasteiger partial charge in [0.2, 0.25) is 0 Å². The van der Waals surface area contributed by atoms with E-state index in [0.29, 0.717) is 0 Å². The van der Waals surface area contributed by atoms with Crippen molar-refractivity contribution in [2.24, 2.45) is 35.5 Å². The molecule has 0 bridgehead atoms. The zero-order valence-corrected chi connectivity index (χ0v) is 15.8. The minimum absolute atomic E-state index is 0.890. The molecule has 0 heterocycles. The molecular formula is C23H40. The van der Waals surface area contributed by atoms with E-state index in [1.807, 2.05) is 0 Å². The van der Waals surface area contributed by atoms with Gasteiger partial charge in [0.1, 0.15) is 0 Å². The fraction of sp³-hybridized carbons (Fsp3) is 0.913. The highest BCUT2D eigenvalue weighted by Crippen LogP contribution is 2.45. The largest absolute Gasteiger partial charge is 0.0851 e. The van der Waals surface area contributed by atoms with Gasteiger partial charge in [-0.15, -0.1) is 0 Å². The predicted octanol–water partition coefficient (Wildman–Crippen LogP) is 7.39. The molecule has 0 aromatic carbocycles. The van der Waals surface area contributed by atoms with E-state index < -0.39 is 0 Å². The third kappa shape index (κ3) is 4.64. The highest BCUT2D eigenvalue weighted by atomic mass is 14.4.